The smallest absolute Gasteiger partial charge is 0.354 e. The largest absolute Gasteiger partial charge is 0.477 e. The van der Waals surface area contributed by atoms with E-state index < -0.39 is 17.5 Å². The van der Waals surface area contributed by atoms with Gasteiger partial charge in [0.1, 0.15) is 11.5 Å². The van der Waals surface area contributed by atoms with Gasteiger partial charge in [-0.1, -0.05) is 0 Å². The lowest BCUT2D eigenvalue weighted by Crippen LogP contribution is -2.15. The molecule has 1 rings (SSSR count). The van der Waals surface area contributed by atoms with Crippen LogP contribution in [0.2, 0.25) is 0 Å². The Bertz CT molecular complexity index is 430. The van der Waals surface area contributed by atoms with E-state index in [1.807, 2.05) is 0 Å². The molecule has 0 radical (unpaired) electrons. The van der Waals surface area contributed by atoms with Crippen LogP contribution in [0.1, 0.15) is 11.1 Å². The highest BCUT2D eigenvalue weighted by molar-refractivity contribution is 6.42. The highest BCUT2D eigenvalue weighted by atomic mass is 19.1. The maximum atomic E-state index is 13.2. The first kappa shape index (κ1) is 11.2. The van der Waals surface area contributed by atoms with Crippen molar-refractivity contribution in [3.05, 3.63) is 29.1 Å². The van der Waals surface area contributed by atoms with Crippen molar-refractivity contribution in [2.24, 2.45) is 0 Å². The van der Waals surface area contributed by atoms with Crippen molar-refractivity contribution in [1.29, 1.82) is 5.41 Å². The molecule has 0 aliphatic carbocycles. The second-order valence-corrected chi connectivity index (χ2v) is 3.08. The number of halogens is 1. The molecule has 0 aliphatic heterocycles. The van der Waals surface area contributed by atoms with Crippen LogP contribution < -0.4 is 5.32 Å². The molecule has 15 heavy (non-hydrogen) atoms. The van der Waals surface area contributed by atoms with Crippen molar-refractivity contribution in [1.82, 2.24) is 0 Å². The molecular formula is C10H11FN2O2. The standard InChI is InChI=1S/C10H11FN2O2/c1-5-3-6(9(12)10(14)15)8(13-2)4-7(5)11/h3-4,12-13H,1-2H3,(H,14,15). The number of carboxylic acids is 1. The van der Waals surface area contributed by atoms with Crippen molar-refractivity contribution >= 4 is 17.4 Å². The fourth-order valence-electron chi connectivity index (χ4n) is 1.21. The number of hydrogen-bond donors (Lipinski definition) is 3. The molecule has 0 aliphatic rings. The SMILES string of the molecule is CNc1cc(F)c(C)cc1C(=N)C(=O)O. The summed E-state index contributed by atoms with van der Waals surface area (Å²) in [6.45, 7) is 1.52. The molecule has 3 N–H and O–H groups in total. The van der Waals surface area contributed by atoms with Gasteiger partial charge in [-0.15, -0.1) is 0 Å². The number of carbonyl (C=O) groups is 1. The number of aliphatic carboxylic acids is 1. The zero-order valence-electron chi connectivity index (χ0n) is 8.39. The van der Waals surface area contributed by atoms with Crippen LogP contribution in [0.3, 0.4) is 0 Å². The first-order valence-electron chi connectivity index (χ1n) is 4.27. The van der Waals surface area contributed by atoms with Gasteiger partial charge in [-0.3, -0.25) is 5.41 Å². The van der Waals surface area contributed by atoms with E-state index in [4.69, 9.17) is 10.5 Å². The van der Waals surface area contributed by atoms with Gasteiger partial charge in [0.15, 0.2) is 0 Å². The van der Waals surface area contributed by atoms with Gasteiger partial charge in [-0.25, -0.2) is 9.18 Å². The number of rotatable bonds is 3. The van der Waals surface area contributed by atoms with Crippen LogP contribution in [0.5, 0.6) is 0 Å². The first-order chi connectivity index (χ1) is 6.97. The molecule has 0 fully saturated rings. The third kappa shape index (κ3) is 2.12. The normalized spacial score (nSPS) is 9.80. The number of benzene rings is 1. The first-order valence-corrected chi connectivity index (χ1v) is 4.27. The second-order valence-electron chi connectivity index (χ2n) is 3.08. The summed E-state index contributed by atoms with van der Waals surface area (Å²) >= 11 is 0. The van der Waals surface area contributed by atoms with Crippen LogP contribution in [-0.2, 0) is 4.79 Å². The maximum absolute atomic E-state index is 13.2. The van der Waals surface area contributed by atoms with Crippen molar-refractivity contribution in [2.45, 2.75) is 6.92 Å². The van der Waals surface area contributed by atoms with Gasteiger partial charge in [0.25, 0.3) is 0 Å². The van der Waals surface area contributed by atoms with Crippen LogP contribution in [0.4, 0.5) is 10.1 Å². The highest BCUT2D eigenvalue weighted by Gasteiger charge is 2.15. The molecule has 0 bridgehead atoms. The van der Waals surface area contributed by atoms with Crippen molar-refractivity contribution in [2.75, 3.05) is 12.4 Å². The summed E-state index contributed by atoms with van der Waals surface area (Å²) in [6, 6.07) is 2.53. The number of aryl methyl sites for hydroxylation is 1. The van der Waals surface area contributed by atoms with Crippen molar-refractivity contribution in [3.8, 4) is 0 Å². The van der Waals surface area contributed by atoms with E-state index in [-0.39, 0.29) is 5.56 Å². The molecule has 0 saturated carbocycles. The van der Waals surface area contributed by atoms with E-state index in [0.29, 0.717) is 11.3 Å². The zero-order chi connectivity index (χ0) is 11.6. The lowest BCUT2D eigenvalue weighted by atomic mass is 10.0. The summed E-state index contributed by atoms with van der Waals surface area (Å²) in [5.41, 5.74) is 0.242. The molecule has 0 spiro atoms. The van der Waals surface area contributed by atoms with E-state index in [1.165, 1.54) is 19.1 Å². The van der Waals surface area contributed by atoms with Gasteiger partial charge in [-0.2, -0.15) is 0 Å². The quantitative estimate of drug-likeness (QED) is 0.664. The van der Waals surface area contributed by atoms with Crippen LogP contribution >= 0.6 is 0 Å². The Labute approximate surface area is 86.2 Å². The van der Waals surface area contributed by atoms with Crippen LogP contribution in [0.15, 0.2) is 12.1 Å². The molecule has 80 valence electrons. The molecule has 0 heterocycles. The third-order valence-electron chi connectivity index (χ3n) is 2.05. The summed E-state index contributed by atoms with van der Waals surface area (Å²) in [5.74, 6) is -1.77. The average molecular weight is 210 g/mol. The van der Waals surface area contributed by atoms with E-state index in [0.717, 1.165) is 0 Å². The molecule has 1 aromatic carbocycles. The van der Waals surface area contributed by atoms with Crippen LogP contribution in [0, 0.1) is 18.2 Å². The fourth-order valence-corrected chi connectivity index (χ4v) is 1.21. The summed E-state index contributed by atoms with van der Waals surface area (Å²) < 4.78 is 13.2. The third-order valence-corrected chi connectivity index (χ3v) is 2.05. The van der Waals surface area contributed by atoms with E-state index in [1.54, 1.807) is 7.05 Å². The molecule has 0 amide bonds. The number of hydrogen-bond acceptors (Lipinski definition) is 3. The Morgan fingerprint density at radius 3 is 2.60 bits per heavy atom. The lowest BCUT2D eigenvalue weighted by Gasteiger charge is -2.09. The molecule has 0 aromatic heterocycles. The van der Waals surface area contributed by atoms with Crippen molar-refractivity contribution < 1.29 is 14.3 Å². The molecule has 4 nitrogen and oxygen atoms in total. The van der Waals surface area contributed by atoms with Gasteiger partial charge in [-0.05, 0) is 24.6 Å². The molecular weight excluding hydrogens is 199 g/mol. The van der Waals surface area contributed by atoms with Gasteiger partial charge in [0.2, 0.25) is 0 Å². The van der Waals surface area contributed by atoms with Crippen LogP contribution in [0.25, 0.3) is 0 Å². The lowest BCUT2D eigenvalue weighted by molar-refractivity contribution is -0.129. The molecule has 0 atom stereocenters. The fraction of sp³-hybridized carbons (Fsp3) is 0.200. The summed E-state index contributed by atoms with van der Waals surface area (Å²) in [6.07, 6.45) is 0. The maximum Gasteiger partial charge on any atom is 0.354 e. The molecule has 1 aromatic rings. The zero-order valence-corrected chi connectivity index (χ0v) is 8.39. The number of carboxylic acid groups (broad SMARTS) is 1. The van der Waals surface area contributed by atoms with Gasteiger partial charge in [0.05, 0.1) is 0 Å². The van der Waals surface area contributed by atoms with Gasteiger partial charge >= 0.3 is 5.97 Å². The highest BCUT2D eigenvalue weighted by Crippen LogP contribution is 2.20. The Morgan fingerprint density at radius 2 is 2.13 bits per heavy atom. The number of nitrogens with one attached hydrogen (secondary N) is 2. The Hall–Kier alpha value is -1.91. The van der Waals surface area contributed by atoms with Gasteiger partial charge in [0, 0.05) is 18.3 Å². The predicted molar refractivity (Wildman–Crippen MR) is 55.1 cm³/mol. The Morgan fingerprint density at radius 1 is 1.53 bits per heavy atom. The Kier molecular flexibility index (Phi) is 3.04. The van der Waals surface area contributed by atoms with E-state index in [9.17, 15) is 9.18 Å². The predicted octanol–water partition coefficient (Wildman–Crippen LogP) is 1.63. The minimum atomic E-state index is -1.34. The molecule has 5 heteroatoms. The number of anilines is 1. The summed E-state index contributed by atoms with van der Waals surface area (Å²) in [4.78, 5) is 10.6. The molecule has 0 unspecified atom stereocenters. The minimum Gasteiger partial charge on any atom is -0.477 e. The topological polar surface area (TPSA) is 73.2 Å². The van der Waals surface area contributed by atoms with Crippen molar-refractivity contribution in [3.63, 3.8) is 0 Å². The van der Waals surface area contributed by atoms with Crippen LogP contribution in [-0.4, -0.2) is 23.8 Å². The summed E-state index contributed by atoms with van der Waals surface area (Å²) in [5, 5.41) is 18.7. The molecule has 0 saturated heterocycles. The Balaban J connectivity index is 3.34. The average Bonchev–Trinajstić information content (AvgIpc) is 2.20. The monoisotopic (exact) mass is 210 g/mol. The minimum absolute atomic E-state index is 0.184. The van der Waals surface area contributed by atoms with Gasteiger partial charge < -0.3 is 10.4 Å². The van der Waals surface area contributed by atoms with E-state index in [2.05, 4.69) is 5.32 Å². The second kappa shape index (κ2) is 4.08. The van der Waals surface area contributed by atoms with E-state index >= 15 is 0 Å². The summed E-state index contributed by atoms with van der Waals surface area (Å²) in [7, 11) is 1.54.